The van der Waals surface area contributed by atoms with Crippen molar-refractivity contribution in [1.82, 2.24) is 14.9 Å². The fraction of sp³-hybridized carbons (Fsp3) is 0.412. The average molecular weight is 638 g/mol. The van der Waals surface area contributed by atoms with Gasteiger partial charge in [-0.3, -0.25) is 4.79 Å². The maximum Gasteiger partial charge on any atom is 0.407 e. The molecule has 3 aromatic carbocycles. The van der Waals surface area contributed by atoms with E-state index in [9.17, 15) is 28.2 Å². The van der Waals surface area contributed by atoms with Crippen molar-refractivity contribution in [2.45, 2.75) is 67.6 Å². The van der Waals surface area contributed by atoms with Gasteiger partial charge < -0.3 is 25.6 Å². The van der Waals surface area contributed by atoms with Crippen LogP contribution in [0.2, 0.25) is 0 Å². The summed E-state index contributed by atoms with van der Waals surface area (Å²) in [5, 5.41) is 25.4. The van der Waals surface area contributed by atoms with Crippen molar-refractivity contribution >= 4 is 22.0 Å². The van der Waals surface area contributed by atoms with E-state index in [0.29, 0.717) is 24.8 Å². The van der Waals surface area contributed by atoms with E-state index in [0.717, 1.165) is 24.0 Å². The second-order valence-electron chi connectivity index (χ2n) is 11.5. The molecule has 45 heavy (non-hydrogen) atoms. The van der Waals surface area contributed by atoms with E-state index in [1.54, 1.807) is 12.1 Å². The molecule has 0 aliphatic heterocycles. The molecule has 0 bridgehead atoms. The zero-order valence-corrected chi connectivity index (χ0v) is 26.5. The van der Waals surface area contributed by atoms with Gasteiger partial charge in [-0.1, -0.05) is 72.8 Å². The van der Waals surface area contributed by atoms with Gasteiger partial charge in [-0.15, -0.1) is 0 Å². The van der Waals surface area contributed by atoms with E-state index in [2.05, 4.69) is 10.6 Å². The third-order valence-corrected chi connectivity index (χ3v) is 10.4. The summed E-state index contributed by atoms with van der Waals surface area (Å²) in [5.74, 6) is -0.533. The van der Waals surface area contributed by atoms with Crippen molar-refractivity contribution in [3.63, 3.8) is 0 Å². The van der Waals surface area contributed by atoms with Crippen LogP contribution in [-0.2, 0) is 26.2 Å². The Morgan fingerprint density at radius 2 is 1.47 bits per heavy atom. The highest BCUT2D eigenvalue weighted by atomic mass is 32.2. The Kier molecular flexibility index (Phi) is 12.1. The molecular formula is C34H43N3O7S. The Balaban J connectivity index is 1.47. The molecule has 0 spiro atoms. The maximum absolute atomic E-state index is 14.0. The molecule has 1 fully saturated rings. The number of carbonyl (C=O) groups is 2. The molecule has 0 aromatic heterocycles. The second kappa shape index (κ2) is 16.0. The predicted molar refractivity (Wildman–Crippen MR) is 171 cm³/mol. The zero-order valence-electron chi connectivity index (χ0n) is 25.7. The summed E-state index contributed by atoms with van der Waals surface area (Å²) in [5.41, 5.74) is 2.33. The molecule has 0 radical (unpaired) electrons. The Hall–Kier alpha value is -3.77. The van der Waals surface area contributed by atoms with Gasteiger partial charge >= 0.3 is 6.09 Å². The molecule has 0 heterocycles. The minimum atomic E-state index is -3.87. The standard InChI is InChI=1S/C34H43N3O7S/c1-37(45(42,43)29-20-16-24(22-38)17-21-29)28(23-39)14-9-15-30(25-18-19-25)35-33(40)32(36-34(41)44-2)31(26-10-5-3-6-11-26)27-12-7-4-8-13-27/h3-8,10-13,16-17,20-21,25,28,30-32,38-39H,9,14-15,18-19,22-23H2,1-2H3,(H,35,40)(H,36,41)/t28-,30+,32-/m0/s1. The Bertz CT molecular complexity index is 1440. The van der Waals surface area contributed by atoms with Crippen molar-refractivity contribution in [3.05, 3.63) is 102 Å². The molecule has 1 aliphatic carbocycles. The first-order valence-corrected chi connectivity index (χ1v) is 16.7. The number of aliphatic hydroxyl groups excluding tert-OH is 2. The Labute approximate surface area is 265 Å². The number of methoxy groups -OCH3 is 1. The highest BCUT2D eigenvalue weighted by molar-refractivity contribution is 7.89. The van der Waals surface area contributed by atoms with E-state index in [1.165, 1.54) is 30.6 Å². The minimum Gasteiger partial charge on any atom is -0.453 e. The topological polar surface area (TPSA) is 145 Å². The number of nitrogens with one attached hydrogen (secondary N) is 2. The first kappa shape index (κ1) is 34.1. The van der Waals surface area contributed by atoms with Gasteiger partial charge in [0.05, 0.1) is 25.2 Å². The molecule has 11 heteroatoms. The molecule has 2 amide bonds. The molecule has 0 unspecified atom stereocenters. The van der Waals surface area contributed by atoms with Crippen LogP contribution in [0, 0.1) is 5.92 Å². The van der Waals surface area contributed by atoms with Crippen LogP contribution >= 0.6 is 0 Å². The molecule has 3 aromatic rings. The predicted octanol–water partition coefficient (Wildman–Crippen LogP) is 3.78. The van der Waals surface area contributed by atoms with Gasteiger partial charge in [0, 0.05) is 25.0 Å². The van der Waals surface area contributed by atoms with E-state index < -0.39 is 34.1 Å². The van der Waals surface area contributed by atoms with Gasteiger partial charge in [-0.2, -0.15) is 4.31 Å². The van der Waals surface area contributed by atoms with Crippen LogP contribution in [0.4, 0.5) is 4.79 Å². The van der Waals surface area contributed by atoms with E-state index in [4.69, 9.17) is 4.74 Å². The third-order valence-electron chi connectivity index (χ3n) is 8.47. The first-order valence-electron chi connectivity index (χ1n) is 15.2. The zero-order chi connectivity index (χ0) is 32.4. The molecular weight excluding hydrogens is 594 g/mol. The normalized spacial score (nSPS) is 15.3. The average Bonchev–Trinajstić information content (AvgIpc) is 3.92. The van der Waals surface area contributed by atoms with Crippen molar-refractivity contribution in [1.29, 1.82) is 0 Å². The highest BCUT2D eigenvalue weighted by Gasteiger charge is 2.38. The monoisotopic (exact) mass is 637 g/mol. The molecule has 0 saturated heterocycles. The van der Waals surface area contributed by atoms with Gasteiger partial charge in [0.2, 0.25) is 15.9 Å². The van der Waals surface area contributed by atoms with E-state index in [-0.39, 0.29) is 36.0 Å². The number of benzene rings is 3. The van der Waals surface area contributed by atoms with Crippen LogP contribution in [0.1, 0.15) is 54.7 Å². The lowest BCUT2D eigenvalue weighted by molar-refractivity contribution is -0.124. The lowest BCUT2D eigenvalue weighted by Gasteiger charge is -2.30. The van der Waals surface area contributed by atoms with Gasteiger partial charge in [-0.25, -0.2) is 13.2 Å². The number of amides is 2. The number of nitrogens with zero attached hydrogens (tertiary/aromatic N) is 1. The van der Waals surface area contributed by atoms with Crippen LogP contribution in [0.15, 0.2) is 89.8 Å². The summed E-state index contributed by atoms with van der Waals surface area (Å²) < 4.78 is 32.5. The van der Waals surface area contributed by atoms with Gasteiger partial charge in [0.25, 0.3) is 0 Å². The van der Waals surface area contributed by atoms with Crippen LogP contribution in [-0.4, -0.2) is 73.8 Å². The number of aliphatic hydroxyl groups is 2. The molecule has 1 saturated carbocycles. The summed E-state index contributed by atoms with van der Waals surface area (Å²) in [7, 11) is -1.16. The van der Waals surface area contributed by atoms with Gasteiger partial charge in [-0.05, 0) is 66.8 Å². The second-order valence-corrected chi connectivity index (χ2v) is 13.5. The maximum atomic E-state index is 14.0. The number of ether oxygens (including phenoxy) is 1. The minimum absolute atomic E-state index is 0.0827. The van der Waals surface area contributed by atoms with Crippen molar-refractivity contribution < 1.29 is 33.0 Å². The molecule has 10 nitrogen and oxygen atoms in total. The summed E-state index contributed by atoms with van der Waals surface area (Å²) in [6.07, 6.45) is 2.74. The fourth-order valence-corrected chi connectivity index (χ4v) is 7.05. The van der Waals surface area contributed by atoms with Crippen LogP contribution in [0.3, 0.4) is 0 Å². The Morgan fingerprint density at radius 3 is 1.96 bits per heavy atom. The summed E-state index contributed by atoms with van der Waals surface area (Å²) in [6, 6.07) is 23.3. The number of hydrogen-bond donors (Lipinski definition) is 4. The lowest BCUT2D eigenvalue weighted by Crippen LogP contribution is -2.53. The van der Waals surface area contributed by atoms with E-state index >= 15 is 0 Å². The summed E-state index contributed by atoms with van der Waals surface area (Å²) in [4.78, 5) is 26.6. The molecule has 1 aliphatic rings. The number of alkyl carbamates (subject to hydrolysis) is 1. The van der Waals surface area contributed by atoms with Crippen LogP contribution in [0.25, 0.3) is 0 Å². The number of carbonyl (C=O) groups excluding carboxylic acids is 2. The highest BCUT2D eigenvalue weighted by Crippen LogP contribution is 2.36. The first-order chi connectivity index (χ1) is 21.7. The van der Waals surface area contributed by atoms with Crippen molar-refractivity contribution in [3.8, 4) is 0 Å². The number of likely N-dealkylation sites (N-methyl/N-ethyl adjacent to an activating group) is 1. The fourth-order valence-electron chi connectivity index (χ4n) is 5.67. The van der Waals surface area contributed by atoms with Gasteiger partial charge in [0.15, 0.2) is 0 Å². The number of sulfonamides is 1. The van der Waals surface area contributed by atoms with Crippen molar-refractivity contribution in [2.24, 2.45) is 5.92 Å². The van der Waals surface area contributed by atoms with Gasteiger partial charge in [0.1, 0.15) is 6.04 Å². The summed E-state index contributed by atoms with van der Waals surface area (Å²) in [6.45, 7) is -0.543. The third kappa shape index (κ3) is 8.91. The molecule has 3 atom stereocenters. The summed E-state index contributed by atoms with van der Waals surface area (Å²) >= 11 is 0. The Morgan fingerprint density at radius 1 is 0.889 bits per heavy atom. The molecule has 242 valence electrons. The smallest absolute Gasteiger partial charge is 0.407 e. The van der Waals surface area contributed by atoms with Crippen molar-refractivity contribution in [2.75, 3.05) is 20.8 Å². The number of rotatable bonds is 16. The number of hydrogen-bond acceptors (Lipinski definition) is 7. The van der Waals surface area contributed by atoms with E-state index in [1.807, 2.05) is 60.7 Å². The quantitative estimate of drug-likeness (QED) is 0.187. The lowest BCUT2D eigenvalue weighted by atomic mass is 9.84. The van der Waals surface area contributed by atoms with Crippen LogP contribution < -0.4 is 10.6 Å². The molecule has 4 N–H and O–H groups in total. The van der Waals surface area contributed by atoms with Crippen LogP contribution in [0.5, 0.6) is 0 Å². The largest absolute Gasteiger partial charge is 0.453 e. The molecule has 4 rings (SSSR count). The SMILES string of the molecule is COC(=O)N[C@H](C(=O)N[C@H](CCC[C@@H](CO)N(C)S(=O)(=O)c1ccc(CO)cc1)C1CC1)C(c1ccccc1)c1ccccc1.